The zero-order valence-electron chi connectivity index (χ0n) is 7.18. The van der Waals surface area contributed by atoms with Crippen LogP contribution < -0.4 is 0 Å². The van der Waals surface area contributed by atoms with Gasteiger partial charge in [0.05, 0.1) is 11.0 Å². The molecule has 3 nitrogen and oxygen atoms in total. The van der Waals surface area contributed by atoms with Crippen molar-refractivity contribution in [1.82, 2.24) is 14.4 Å². The Morgan fingerprint density at radius 2 is 2.21 bits per heavy atom. The summed E-state index contributed by atoms with van der Waals surface area (Å²) in [5, 5.41) is 0. The summed E-state index contributed by atoms with van der Waals surface area (Å²) in [6, 6.07) is 8.09. The summed E-state index contributed by atoms with van der Waals surface area (Å²) in [4.78, 5) is 8.60. The molecule has 0 aliphatic heterocycles. The monoisotopic (exact) mass is 295 g/mol. The summed E-state index contributed by atoms with van der Waals surface area (Å²) < 4.78 is 3.21. The molecule has 4 heteroatoms. The van der Waals surface area contributed by atoms with E-state index in [-0.39, 0.29) is 0 Å². The van der Waals surface area contributed by atoms with Crippen LogP contribution in [0.25, 0.3) is 16.8 Å². The zero-order chi connectivity index (χ0) is 9.54. The van der Waals surface area contributed by atoms with Gasteiger partial charge in [-0.3, -0.25) is 4.40 Å². The third-order valence-electron chi connectivity index (χ3n) is 2.14. The predicted molar refractivity (Wildman–Crippen MR) is 63.2 cm³/mol. The molecule has 3 aromatic rings. The van der Waals surface area contributed by atoms with Crippen LogP contribution in [0.5, 0.6) is 0 Å². The minimum Gasteiger partial charge on any atom is -0.284 e. The van der Waals surface area contributed by atoms with E-state index >= 15 is 0 Å². The van der Waals surface area contributed by atoms with Crippen molar-refractivity contribution >= 4 is 39.4 Å². The molecule has 0 spiro atoms. The highest BCUT2D eigenvalue weighted by molar-refractivity contribution is 14.1. The second kappa shape index (κ2) is 2.91. The molecule has 0 atom stereocenters. The van der Waals surface area contributed by atoms with Gasteiger partial charge in [-0.05, 0) is 46.9 Å². The number of hydrogen-bond acceptors (Lipinski definition) is 2. The lowest BCUT2D eigenvalue weighted by molar-refractivity contribution is 1.13. The topological polar surface area (TPSA) is 30.2 Å². The van der Waals surface area contributed by atoms with Gasteiger partial charge in [-0.25, -0.2) is 9.97 Å². The first-order valence-corrected chi connectivity index (χ1v) is 5.31. The lowest BCUT2D eigenvalue weighted by Gasteiger charge is -1.93. The third-order valence-corrected chi connectivity index (χ3v) is 2.82. The van der Waals surface area contributed by atoms with Gasteiger partial charge in [-0.15, -0.1) is 0 Å². The molecule has 1 aromatic carbocycles. The summed E-state index contributed by atoms with van der Waals surface area (Å²) in [5.41, 5.74) is 2.10. The molecule has 0 fully saturated rings. The zero-order valence-corrected chi connectivity index (χ0v) is 9.34. The Labute approximate surface area is 93.9 Å². The second-order valence-electron chi connectivity index (χ2n) is 3.03. The molecular formula is C10H6IN3. The molecule has 2 heterocycles. The highest BCUT2D eigenvalue weighted by atomic mass is 127. The summed E-state index contributed by atoms with van der Waals surface area (Å²) in [5.74, 6) is 0.754. The van der Waals surface area contributed by atoms with E-state index in [2.05, 4.69) is 44.7 Å². The minimum atomic E-state index is 0.754. The van der Waals surface area contributed by atoms with Crippen LogP contribution in [-0.4, -0.2) is 14.4 Å². The fourth-order valence-electron chi connectivity index (χ4n) is 1.53. The van der Waals surface area contributed by atoms with Gasteiger partial charge in [0, 0.05) is 16.0 Å². The van der Waals surface area contributed by atoms with Crippen LogP contribution in [0.3, 0.4) is 0 Å². The summed E-state index contributed by atoms with van der Waals surface area (Å²) >= 11 is 2.30. The highest BCUT2D eigenvalue weighted by Gasteiger charge is 2.03. The number of fused-ring (bicyclic) bond motifs is 3. The summed E-state index contributed by atoms with van der Waals surface area (Å²) in [6.07, 6.45) is 3.74. The number of halogens is 1. The predicted octanol–water partition coefficient (Wildman–Crippen LogP) is 2.49. The molecule has 2 aromatic heterocycles. The van der Waals surface area contributed by atoms with Crippen molar-refractivity contribution in [3.8, 4) is 0 Å². The number of aromatic nitrogens is 3. The number of hydrogen-bond donors (Lipinski definition) is 0. The molecule has 3 rings (SSSR count). The van der Waals surface area contributed by atoms with E-state index in [1.807, 2.05) is 22.7 Å². The Morgan fingerprint density at radius 1 is 1.29 bits per heavy atom. The van der Waals surface area contributed by atoms with Gasteiger partial charge in [-0.1, -0.05) is 0 Å². The first-order chi connectivity index (χ1) is 6.84. The quantitative estimate of drug-likeness (QED) is 0.596. The first kappa shape index (κ1) is 8.16. The minimum absolute atomic E-state index is 0.754. The molecule has 0 bridgehead atoms. The summed E-state index contributed by atoms with van der Waals surface area (Å²) in [6.45, 7) is 0. The van der Waals surface area contributed by atoms with Crippen LogP contribution >= 0.6 is 22.6 Å². The maximum atomic E-state index is 4.40. The van der Waals surface area contributed by atoms with Crippen LogP contribution in [0, 0.1) is 3.57 Å². The normalized spacial score (nSPS) is 11.2. The van der Waals surface area contributed by atoms with Crippen molar-refractivity contribution < 1.29 is 0 Å². The van der Waals surface area contributed by atoms with E-state index in [9.17, 15) is 0 Å². The Morgan fingerprint density at radius 3 is 3.14 bits per heavy atom. The van der Waals surface area contributed by atoms with Crippen molar-refractivity contribution in [2.24, 2.45) is 0 Å². The van der Waals surface area contributed by atoms with Crippen LogP contribution in [0.2, 0.25) is 0 Å². The van der Waals surface area contributed by atoms with E-state index in [4.69, 9.17) is 0 Å². The lowest BCUT2D eigenvalue weighted by atomic mass is 10.3. The number of rotatable bonds is 0. The molecule has 68 valence electrons. The number of benzene rings is 1. The van der Waals surface area contributed by atoms with Crippen molar-refractivity contribution in [3.05, 3.63) is 40.2 Å². The number of imidazole rings is 1. The third kappa shape index (κ3) is 1.10. The van der Waals surface area contributed by atoms with Gasteiger partial charge >= 0.3 is 0 Å². The van der Waals surface area contributed by atoms with E-state index in [0.717, 1.165) is 16.8 Å². The highest BCUT2D eigenvalue weighted by Crippen LogP contribution is 2.17. The Bertz CT molecular complexity index is 615. The van der Waals surface area contributed by atoms with Crippen molar-refractivity contribution in [3.63, 3.8) is 0 Å². The summed E-state index contributed by atoms with van der Waals surface area (Å²) in [7, 11) is 0. The van der Waals surface area contributed by atoms with E-state index in [1.54, 1.807) is 6.20 Å². The van der Waals surface area contributed by atoms with E-state index < -0.39 is 0 Å². The average molecular weight is 295 g/mol. The van der Waals surface area contributed by atoms with E-state index in [0.29, 0.717) is 0 Å². The fourth-order valence-corrected chi connectivity index (χ4v) is 2.00. The van der Waals surface area contributed by atoms with Crippen molar-refractivity contribution in [2.45, 2.75) is 0 Å². The standard InChI is InChI=1S/C10H6IN3/c11-7-2-3-8-9(6-7)14-5-1-4-12-10(14)13-8/h1-6H. The van der Waals surface area contributed by atoms with Crippen LogP contribution in [-0.2, 0) is 0 Å². The van der Waals surface area contributed by atoms with Crippen LogP contribution in [0.1, 0.15) is 0 Å². The van der Waals surface area contributed by atoms with Crippen LogP contribution in [0.4, 0.5) is 0 Å². The second-order valence-corrected chi connectivity index (χ2v) is 4.28. The molecule has 14 heavy (non-hydrogen) atoms. The Balaban J connectivity index is 2.58. The Kier molecular flexibility index (Phi) is 1.70. The smallest absolute Gasteiger partial charge is 0.234 e. The van der Waals surface area contributed by atoms with Gasteiger partial charge < -0.3 is 0 Å². The molecule has 0 amide bonds. The van der Waals surface area contributed by atoms with Crippen molar-refractivity contribution in [2.75, 3.05) is 0 Å². The van der Waals surface area contributed by atoms with Gasteiger partial charge in [0.2, 0.25) is 5.78 Å². The maximum absolute atomic E-state index is 4.40. The first-order valence-electron chi connectivity index (χ1n) is 4.23. The molecule has 0 aliphatic carbocycles. The maximum Gasteiger partial charge on any atom is 0.234 e. The average Bonchev–Trinajstić information content (AvgIpc) is 2.56. The van der Waals surface area contributed by atoms with Gasteiger partial charge in [0.15, 0.2) is 0 Å². The lowest BCUT2D eigenvalue weighted by Crippen LogP contribution is -1.85. The molecule has 0 radical (unpaired) electrons. The van der Waals surface area contributed by atoms with Gasteiger partial charge in [0.1, 0.15) is 0 Å². The van der Waals surface area contributed by atoms with Crippen molar-refractivity contribution in [1.29, 1.82) is 0 Å². The Hall–Kier alpha value is -1.17. The van der Waals surface area contributed by atoms with Gasteiger partial charge in [0.25, 0.3) is 0 Å². The molecular weight excluding hydrogens is 289 g/mol. The largest absolute Gasteiger partial charge is 0.284 e. The molecule has 0 saturated heterocycles. The SMILES string of the molecule is Ic1ccc2nc3ncccn3c2c1. The number of nitrogens with zero attached hydrogens (tertiary/aromatic N) is 3. The fraction of sp³-hybridized carbons (Fsp3) is 0. The molecule has 0 unspecified atom stereocenters. The molecule has 0 aliphatic rings. The van der Waals surface area contributed by atoms with Gasteiger partial charge in [-0.2, -0.15) is 0 Å². The van der Waals surface area contributed by atoms with Crippen LogP contribution in [0.15, 0.2) is 36.7 Å². The van der Waals surface area contributed by atoms with E-state index in [1.165, 1.54) is 3.57 Å². The molecule has 0 saturated carbocycles. The molecule has 0 N–H and O–H groups in total.